The van der Waals surface area contributed by atoms with E-state index in [2.05, 4.69) is 0 Å². The van der Waals surface area contributed by atoms with Crippen LogP contribution in [0.25, 0.3) is 6.08 Å². The molecule has 1 N–H and O–H groups in total. The Balaban J connectivity index is 1.66. The molecule has 0 radical (unpaired) electrons. The molecule has 2 aromatic rings. The second-order valence-corrected chi connectivity index (χ2v) is 5.51. The summed E-state index contributed by atoms with van der Waals surface area (Å²) in [5.41, 5.74) is 1.50. The van der Waals surface area contributed by atoms with E-state index in [9.17, 15) is 14.7 Å². The predicted molar refractivity (Wildman–Crippen MR) is 85.8 cm³/mol. The second kappa shape index (κ2) is 5.42. The van der Waals surface area contributed by atoms with Crippen molar-refractivity contribution in [2.45, 2.75) is 6.42 Å². The lowest BCUT2D eigenvalue weighted by atomic mass is 10.1. The molecule has 4 rings (SSSR count). The van der Waals surface area contributed by atoms with Gasteiger partial charge in [0, 0.05) is 11.6 Å². The third-order valence-electron chi connectivity index (χ3n) is 3.89. The second-order valence-electron chi connectivity index (χ2n) is 5.51. The van der Waals surface area contributed by atoms with Crippen molar-refractivity contribution in [2.75, 3.05) is 11.7 Å². The molecule has 24 heavy (non-hydrogen) atoms. The smallest absolute Gasteiger partial charge is 0.261 e. The van der Waals surface area contributed by atoms with E-state index in [-0.39, 0.29) is 30.8 Å². The number of amides is 2. The monoisotopic (exact) mass is 323 g/mol. The Kier molecular flexibility index (Phi) is 3.23. The van der Waals surface area contributed by atoms with E-state index in [1.165, 1.54) is 6.07 Å². The van der Waals surface area contributed by atoms with Crippen LogP contribution in [0.5, 0.6) is 17.2 Å². The minimum absolute atomic E-state index is 0.0168. The molecule has 120 valence electrons. The van der Waals surface area contributed by atoms with Crippen molar-refractivity contribution in [3.63, 3.8) is 0 Å². The molecule has 1 fully saturated rings. The molecule has 2 aliphatic rings. The van der Waals surface area contributed by atoms with Crippen molar-refractivity contribution in [3.05, 3.63) is 53.6 Å². The Morgan fingerprint density at radius 2 is 1.88 bits per heavy atom. The van der Waals surface area contributed by atoms with E-state index in [4.69, 9.17) is 9.47 Å². The number of carbonyl (C=O) groups is 2. The Morgan fingerprint density at radius 1 is 1.04 bits per heavy atom. The molecule has 0 unspecified atom stereocenters. The fourth-order valence-corrected chi connectivity index (χ4v) is 2.79. The van der Waals surface area contributed by atoms with Gasteiger partial charge in [-0.25, -0.2) is 4.90 Å². The molecule has 2 aliphatic heterocycles. The van der Waals surface area contributed by atoms with Crippen LogP contribution in [0, 0.1) is 0 Å². The van der Waals surface area contributed by atoms with Crippen molar-refractivity contribution in [2.24, 2.45) is 0 Å². The number of rotatable bonds is 2. The summed E-state index contributed by atoms with van der Waals surface area (Å²) in [7, 11) is 0. The SMILES string of the molecule is O=C1CC(=Cc2cccc(O)c2)C(=O)N1c1ccc2c(c1)OCO2. The van der Waals surface area contributed by atoms with Crippen LogP contribution in [0.1, 0.15) is 12.0 Å². The van der Waals surface area contributed by atoms with Gasteiger partial charge in [0.15, 0.2) is 11.5 Å². The largest absolute Gasteiger partial charge is 0.508 e. The summed E-state index contributed by atoms with van der Waals surface area (Å²) in [6.45, 7) is 0.128. The molecule has 6 heteroatoms. The van der Waals surface area contributed by atoms with E-state index in [1.807, 2.05) is 0 Å². The highest BCUT2D eigenvalue weighted by molar-refractivity contribution is 6.29. The summed E-state index contributed by atoms with van der Waals surface area (Å²) >= 11 is 0. The first-order valence-corrected chi connectivity index (χ1v) is 7.38. The fraction of sp³-hybridized carbons (Fsp3) is 0.111. The maximum Gasteiger partial charge on any atom is 0.261 e. The quantitative estimate of drug-likeness (QED) is 0.679. The molecule has 6 nitrogen and oxygen atoms in total. The molecule has 0 atom stereocenters. The Labute approximate surface area is 137 Å². The van der Waals surface area contributed by atoms with Crippen LogP contribution in [0.2, 0.25) is 0 Å². The van der Waals surface area contributed by atoms with Crippen LogP contribution in [0.3, 0.4) is 0 Å². The van der Waals surface area contributed by atoms with E-state index >= 15 is 0 Å². The number of hydrogen-bond donors (Lipinski definition) is 1. The number of anilines is 1. The Morgan fingerprint density at radius 3 is 2.71 bits per heavy atom. The zero-order chi connectivity index (χ0) is 16.7. The van der Waals surface area contributed by atoms with Gasteiger partial charge in [-0.3, -0.25) is 9.59 Å². The standard InChI is InChI=1S/C18H13NO5/c20-14-3-1-2-11(7-14)6-12-8-17(21)19(18(12)22)13-4-5-15-16(9-13)24-10-23-15/h1-7,9,20H,8,10H2. The molecule has 2 aromatic carbocycles. The third kappa shape index (κ3) is 2.38. The normalized spacial score (nSPS) is 17.8. The van der Waals surface area contributed by atoms with Gasteiger partial charge in [0.05, 0.1) is 12.1 Å². The predicted octanol–water partition coefficient (Wildman–Crippen LogP) is 2.47. The van der Waals surface area contributed by atoms with Crippen LogP contribution in [-0.2, 0) is 9.59 Å². The van der Waals surface area contributed by atoms with Gasteiger partial charge >= 0.3 is 0 Å². The minimum Gasteiger partial charge on any atom is -0.508 e. The molecule has 2 heterocycles. The van der Waals surface area contributed by atoms with Crippen LogP contribution in [0.15, 0.2) is 48.0 Å². The maximum atomic E-state index is 12.6. The summed E-state index contributed by atoms with van der Waals surface area (Å²) in [6, 6.07) is 11.5. The van der Waals surface area contributed by atoms with Crippen LogP contribution in [0.4, 0.5) is 5.69 Å². The number of benzene rings is 2. The fourth-order valence-electron chi connectivity index (χ4n) is 2.79. The highest BCUT2D eigenvalue weighted by Gasteiger charge is 2.35. The summed E-state index contributed by atoms with van der Waals surface area (Å²) in [5, 5.41) is 9.51. The average molecular weight is 323 g/mol. The van der Waals surface area contributed by atoms with Crippen molar-refractivity contribution < 1.29 is 24.2 Å². The average Bonchev–Trinajstić information content (AvgIpc) is 3.12. The Hall–Kier alpha value is -3.28. The number of nitrogens with zero attached hydrogens (tertiary/aromatic N) is 1. The number of hydrogen-bond acceptors (Lipinski definition) is 5. The van der Waals surface area contributed by atoms with Crippen molar-refractivity contribution in [1.29, 1.82) is 0 Å². The third-order valence-corrected chi connectivity index (χ3v) is 3.89. The van der Waals surface area contributed by atoms with Crippen LogP contribution in [-0.4, -0.2) is 23.7 Å². The number of phenols is 1. The summed E-state index contributed by atoms with van der Waals surface area (Å²) in [6.07, 6.45) is 1.63. The summed E-state index contributed by atoms with van der Waals surface area (Å²) in [4.78, 5) is 26.0. The highest BCUT2D eigenvalue weighted by Crippen LogP contribution is 2.37. The number of imide groups is 1. The lowest BCUT2D eigenvalue weighted by Gasteiger charge is -2.13. The van der Waals surface area contributed by atoms with Gasteiger partial charge in [-0.15, -0.1) is 0 Å². The number of phenolic OH excluding ortho intramolecular Hbond substituents is 1. The van der Waals surface area contributed by atoms with Crippen molar-refractivity contribution in [3.8, 4) is 17.2 Å². The zero-order valence-corrected chi connectivity index (χ0v) is 12.6. The number of fused-ring (bicyclic) bond motifs is 1. The molecule has 0 saturated carbocycles. The molecular weight excluding hydrogens is 310 g/mol. The first-order chi connectivity index (χ1) is 11.6. The lowest BCUT2D eigenvalue weighted by molar-refractivity contribution is -0.120. The van der Waals surface area contributed by atoms with Gasteiger partial charge in [0.25, 0.3) is 5.91 Å². The molecule has 2 amide bonds. The molecule has 1 saturated heterocycles. The van der Waals surface area contributed by atoms with Gasteiger partial charge in [-0.1, -0.05) is 12.1 Å². The number of ether oxygens (including phenoxy) is 2. The lowest BCUT2D eigenvalue weighted by Crippen LogP contribution is -2.28. The van der Waals surface area contributed by atoms with Gasteiger partial charge < -0.3 is 14.6 Å². The highest BCUT2D eigenvalue weighted by atomic mass is 16.7. The van der Waals surface area contributed by atoms with E-state index < -0.39 is 0 Å². The van der Waals surface area contributed by atoms with Crippen LogP contribution >= 0.6 is 0 Å². The number of carbonyl (C=O) groups excluding carboxylic acids is 2. The Bertz CT molecular complexity index is 887. The van der Waals surface area contributed by atoms with Gasteiger partial charge in [0.1, 0.15) is 5.75 Å². The van der Waals surface area contributed by atoms with Gasteiger partial charge in [-0.2, -0.15) is 0 Å². The molecule has 0 aliphatic carbocycles. The van der Waals surface area contributed by atoms with E-state index in [1.54, 1.807) is 42.5 Å². The minimum atomic E-state index is -0.373. The molecular formula is C18H13NO5. The summed E-state index contributed by atoms with van der Waals surface area (Å²) in [5.74, 6) is 0.535. The van der Waals surface area contributed by atoms with Gasteiger partial charge in [0.2, 0.25) is 12.7 Å². The zero-order valence-electron chi connectivity index (χ0n) is 12.6. The van der Waals surface area contributed by atoms with Crippen molar-refractivity contribution in [1.82, 2.24) is 0 Å². The maximum absolute atomic E-state index is 12.6. The first kappa shape index (κ1) is 14.3. The van der Waals surface area contributed by atoms with Crippen LogP contribution < -0.4 is 14.4 Å². The molecule has 0 bridgehead atoms. The summed E-state index contributed by atoms with van der Waals surface area (Å²) < 4.78 is 10.5. The topological polar surface area (TPSA) is 76.1 Å². The van der Waals surface area contributed by atoms with Crippen molar-refractivity contribution >= 4 is 23.6 Å². The van der Waals surface area contributed by atoms with Gasteiger partial charge in [-0.05, 0) is 35.9 Å². The molecule has 0 spiro atoms. The van der Waals surface area contributed by atoms with E-state index in [0.29, 0.717) is 28.3 Å². The molecule has 0 aromatic heterocycles. The first-order valence-electron chi connectivity index (χ1n) is 7.38. The number of aromatic hydroxyl groups is 1. The van der Waals surface area contributed by atoms with E-state index in [0.717, 1.165) is 4.90 Å².